The number of thiazole rings is 1. The zero-order valence-corrected chi connectivity index (χ0v) is 19.3. The predicted octanol–water partition coefficient (Wildman–Crippen LogP) is 6.79. The highest BCUT2D eigenvalue weighted by Crippen LogP contribution is 2.38. The summed E-state index contributed by atoms with van der Waals surface area (Å²) in [5, 5.41) is 13.4. The average Bonchev–Trinajstić information content (AvgIpc) is 3.16. The van der Waals surface area contributed by atoms with Crippen LogP contribution in [0, 0.1) is 0 Å². The van der Waals surface area contributed by atoms with Crippen LogP contribution in [0.25, 0.3) is 10.2 Å². The Morgan fingerprint density at radius 2 is 1.94 bits per heavy atom. The summed E-state index contributed by atoms with van der Waals surface area (Å²) in [7, 11) is 0. The molecule has 0 aliphatic rings. The quantitative estimate of drug-likeness (QED) is 0.339. The maximum Gasteiger partial charge on any atom is 0.335 e. The molecule has 0 saturated heterocycles. The lowest BCUT2D eigenvalue weighted by Crippen LogP contribution is -2.12. The topological polar surface area (TPSA) is 84.3 Å². The third-order valence-electron chi connectivity index (χ3n) is 5.12. The van der Waals surface area contributed by atoms with Crippen LogP contribution in [0.4, 0.5) is 10.8 Å². The minimum Gasteiger partial charge on any atom is -0.478 e. The van der Waals surface area contributed by atoms with Crippen LogP contribution in [0.3, 0.4) is 0 Å². The SMILES string of the molecule is CCc1cc(C(=O)O)cc2sc(Nc3cccnc3Oc3ccccc3C(C)(C)C)nc12. The molecule has 2 N–H and O–H groups in total. The fourth-order valence-electron chi connectivity index (χ4n) is 3.51. The second kappa shape index (κ2) is 8.59. The Labute approximate surface area is 190 Å². The zero-order valence-electron chi connectivity index (χ0n) is 18.5. The van der Waals surface area contributed by atoms with E-state index in [0.717, 1.165) is 27.1 Å². The number of carbonyl (C=O) groups is 1. The lowest BCUT2D eigenvalue weighted by atomic mass is 9.86. The van der Waals surface area contributed by atoms with E-state index in [9.17, 15) is 9.90 Å². The molecule has 4 aromatic rings. The number of rotatable bonds is 6. The molecule has 0 aliphatic heterocycles. The highest BCUT2D eigenvalue weighted by Gasteiger charge is 2.20. The number of benzene rings is 2. The molecule has 0 fully saturated rings. The first-order valence-corrected chi connectivity index (χ1v) is 11.2. The predicted molar refractivity (Wildman–Crippen MR) is 129 cm³/mol. The van der Waals surface area contributed by atoms with E-state index >= 15 is 0 Å². The third kappa shape index (κ3) is 4.43. The van der Waals surface area contributed by atoms with E-state index in [-0.39, 0.29) is 11.0 Å². The van der Waals surface area contributed by atoms with Gasteiger partial charge in [0.05, 0.1) is 15.8 Å². The molecule has 2 heterocycles. The van der Waals surface area contributed by atoms with Crippen LogP contribution in [-0.4, -0.2) is 21.0 Å². The number of fused-ring (bicyclic) bond motifs is 1. The third-order valence-corrected chi connectivity index (χ3v) is 6.03. The summed E-state index contributed by atoms with van der Waals surface area (Å²) in [4.78, 5) is 20.6. The summed E-state index contributed by atoms with van der Waals surface area (Å²) in [6.45, 7) is 8.42. The first-order valence-electron chi connectivity index (χ1n) is 10.4. The molecule has 164 valence electrons. The summed E-state index contributed by atoms with van der Waals surface area (Å²) in [6.07, 6.45) is 2.39. The molecule has 0 amide bonds. The zero-order chi connectivity index (χ0) is 22.9. The van der Waals surface area contributed by atoms with Crippen molar-refractivity contribution < 1.29 is 14.6 Å². The van der Waals surface area contributed by atoms with Crippen molar-refractivity contribution in [3.05, 3.63) is 71.4 Å². The summed E-state index contributed by atoms with van der Waals surface area (Å²) < 4.78 is 7.06. The molecule has 0 atom stereocenters. The molecule has 0 bridgehead atoms. The number of aromatic carboxylic acids is 1. The minimum absolute atomic E-state index is 0.0790. The molecular weight excluding hydrogens is 422 g/mol. The standard InChI is InChI=1S/C25H25N3O3S/c1-5-15-13-16(23(29)30)14-20-21(15)28-24(32-20)27-18-10-8-12-26-22(18)31-19-11-7-6-9-17(19)25(2,3)4/h6-14H,5H2,1-4H3,(H,27,28)(H,29,30). The molecule has 6 nitrogen and oxygen atoms in total. The summed E-state index contributed by atoms with van der Waals surface area (Å²) in [5.41, 5.74) is 3.69. The van der Waals surface area contributed by atoms with E-state index in [1.807, 2.05) is 37.3 Å². The highest BCUT2D eigenvalue weighted by molar-refractivity contribution is 7.22. The molecule has 2 aromatic carbocycles. The van der Waals surface area contributed by atoms with Crippen molar-refractivity contribution in [2.75, 3.05) is 5.32 Å². The van der Waals surface area contributed by atoms with Gasteiger partial charge in [-0.2, -0.15) is 0 Å². The fraction of sp³-hybridized carbons (Fsp3) is 0.240. The number of ether oxygens (including phenoxy) is 1. The maximum absolute atomic E-state index is 11.5. The van der Waals surface area contributed by atoms with Crippen LogP contribution in [0.15, 0.2) is 54.7 Å². The lowest BCUT2D eigenvalue weighted by Gasteiger charge is -2.22. The first kappa shape index (κ1) is 21.8. The number of para-hydroxylation sites is 1. The molecule has 0 radical (unpaired) electrons. The van der Waals surface area contributed by atoms with Gasteiger partial charge in [0.1, 0.15) is 11.4 Å². The van der Waals surface area contributed by atoms with E-state index in [1.54, 1.807) is 18.3 Å². The normalized spacial score (nSPS) is 11.5. The van der Waals surface area contributed by atoms with Crippen LogP contribution in [-0.2, 0) is 11.8 Å². The van der Waals surface area contributed by atoms with E-state index in [0.29, 0.717) is 23.1 Å². The molecular formula is C25H25N3O3S. The van der Waals surface area contributed by atoms with Gasteiger partial charge in [0.25, 0.3) is 0 Å². The van der Waals surface area contributed by atoms with Gasteiger partial charge in [-0.3, -0.25) is 0 Å². The second-order valence-electron chi connectivity index (χ2n) is 8.49. The number of nitrogens with one attached hydrogen (secondary N) is 1. The van der Waals surface area contributed by atoms with Gasteiger partial charge in [0.15, 0.2) is 5.13 Å². The van der Waals surface area contributed by atoms with Gasteiger partial charge >= 0.3 is 5.97 Å². The molecule has 32 heavy (non-hydrogen) atoms. The maximum atomic E-state index is 11.5. The number of hydrogen-bond acceptors (Lipinski definition) is 6. The Bertz CT molecular complexity index is 1290. The van der Waals surface area contributed by atoms with Gasteiger partial charge in [-0.1, -0.05) is 57.2 Å². The van der Waals surface area contributed by atoms with Gasteiger partial charge < -0.3 is 15.2 Å². The minimum atomic E-state index is -0.940. The van der Waals surface area contributed by atoms with Crippen molar-refractivity contribution in [1.82, 2.24) is 9.97 Å². The number of aromatic nitrogens is 2. The first-order chi connectivity index (χ1) is 15.3. The Kier molecular flexibility index (Phi) is 5.84. The number of aryl methyl sites for hydroxylation is 1. The van der Waals surface area contributed by atoms with E-state index in [2.05, 4.69) is 37.1 Å². The van der Waals surface area contributed by atoms with Gasteiger partial charge in [-0.15, -0.1) is 0 Å². The van der Waals surface area contributed by atoms with Crippen molar-refractivity contribution >= 4 is 38.3 Å². The highest BCUT2D eigenvalue weighted by atomic mass is 32.1. The van der Waals surface area contributed by atoms with Gasteiger partial charge in [0.2, 0.25) is 5.88 Å². The number of hydrogen-bond donors (Lipinski definition) is 2. The van der Waals surface area contributed by atoms with Crippen LogP contribution in [0.1, 0.15) is 49.2 Å². The smallest absolute Gasteiger partial charge is 0.335 e. The van der Waals surface area contributed by atoms with E-state index in [1.165, 1.54) is 11.3 Å². The average molecular weight is 448 g/mol. The van der Waals surface area contributed by atoms with Crippen molar-refractivity contribution in [1.29, 1.82) is 0 Å². The van der Waals surface area contributed by atoms with Crippen LogP contribution < -0.4 is 10.1 Å². The Morgan fingerprint density at radius 3 is 2.66 bits per heavy atom. The number of anilines is 2. The van der Waals surface area contributed by atoms with Crippen molar-refractivity contribution in [2.45, 2.75) is 39.5 Å². The van der Waals surface area contributed by atoms with E-state index in [4.69, 9.17) is 9.72 Å². The second-order valence-corrected chi connectivity index (χ2v) is 9.52. The number of nitrogens with zero attached hydrogens (tertiary/aromatic N) is 2. The Morgan fingerprint density at radius 1 is 1.16 bits per heavy atom. The molecule has 0 unspecified atom stereocenters. The molecule has 2 aromatic heterocycles. The molecule has 7 heteroatoms. The number of carboxylic acids is 1. The van der Waals surface area contributed by atoms with Crippen molar-refractivity contribution in [3.63, 3.8) is 0 Å². The number of carboxylic acid groups (broad SMARTS) is 1. The lowest BCUT2D eigenvalue weighted by molar-refractivity contribution is 0.0697. The number of pyridine rings is 1. The van der Waals surface area contributed by atoms with E-state index < -0.39 is 5.97 Å². The summed E-state index contributed by atoms with van der Waals surface area (Å²) >= 11 is 1.41. The summed E-state index contributed by atoms with van der Waals surface area (Å²) in [5.74, 6) is 0.265. The van der Waals surface area contributed by atoms with Gasteiger partial charge in [0, 0.05) is 11.8 Å². The molecule has 4 rings (SSSR count). The summed E-state index contributed by atoms with van der Waals surface area (Å²) in [6, 6.07) is 15.0. The van der Waals surface area contributed by atoms with Crippen molar-refractivity contribution in [2.24, 2.45) is 0 Å². The molecule has 0 aliphatic carbocycles. The Balaban J connectivity index is 1.69. The molecule has 0 spiro atoms. The van der Waals surface area contributed by atoms with Gasteiger partial charge in [-0.05, 0) is 47.7 Å². The monoisotopic (exact) mass is 447 g/mol. The van der Waals surface area contributed by atoms with Crippen molar-refractivity contribution in [3.8, 4) is 11.6 Å². The fourth-order valence-corrected chi connectivity index (χ4v) is 4.47. The van der Waals surface area contributed by atoms with Gasteiger partial charge in [-0.25, -0.2) is 14.8 Å². The molecule has 0 saturated carbocycles. The van der Waals surface area contributed by atoms with Crippen LogP contribution in [0.5, 0.6) is 11.6 Å². The van der Waals surface area contributed by atoms with Crippen LogP contribution in [0.2, 0.25) is 0 Å². The largest absolute Gasteiger partial charge is 0.478 e. The Hall–Kier alpha value is -3.45. The van der Waals surface area contributed by atoms with Crippen LogP contribution >= 0.6 is 11.3 Å².